The zero-order valence-corrected chi connectivity index (χ0v) is 14.9. The SMILES string of the molecule is N#CCNc1nc(Nc2ccc(CN3CCCC3)cc2)ncc1Br. The maximum absolute atomic E-state index is 8.66. The third kappa shape index (κ3) is 4.43. The van der Waals surface area contributed by atoms with Crippen LogP contribution in [0, 0.1) is 11.3 Å². The van der Waals surface area contributed by atoms with Crippen LogP contribution < -0.4 is 10.6 Å². The molecule has 1 aliphatic heterocycles. The Morgan fingerprint density at radius 1 is 1.21 bits per heavy atom. The van der Waals surface area contributed by atoms with Crippen molar-refractivity contribution in [2.75, 3.05) is 30.3 Å². The number of hydrogen-bond donors (Lipinski definition) is 2. The van der Waals surface area contributed by atoms with E-state index in [4.69, 9.17) is 5.26 Å². The van der Waals surface area contributed by atoms with E-state index in [0.29, 0.717) is 11.8 Å². The van der Waals surface area contributed by atoms with Crippen LogP contribution in [0.15, 0.2) is 34.9 Å². The van der Waals surface area contributed by atoms with Gasteiger partial charge in [0.2, 0.25) is 5.95 Å². The Hall–Kier alpha value is -2.17. The smallest absolute Gasteiger partial charge is 0.229 e. The highest BCUT2D eigenvalue weighted by Crippen LogP contribution is 2.22. The van der Waals surface area contributed by atoms with E-state index < -0.39 is 0 Å². The molecule has 6 nitrogen and oxygen atoms in total. The predicted molar refractivity (Wildman–Crippen MR) is 98.1 cm³/mol. The topological polar surface area (TPSA) is 76.9 Å². The average molecular weight is 387 g/mol. The van der Waals surface area contributed by atoms with Crippen LogP contribution in [0.4, 0.5) is 17.5 Å². The van der Waals surface area contributed by atoms with Crippen molar-refractivity contribution in [3.05, 3.63) is 40.5 Å². The summed E-state index contributed by atoms with van der Waals surface area (Å²) in [6.07, 6.45) is 4.28. The van der Waals surface area contributed by atoms with Gasteiger partial charge in [-0.1, -0.05) is 12.1 Å². The normalized spacial score (nSPS) is 14.3. The fraction of sp³-hybridized carbons (Fsp3) is 0.353. The van der Waals surface area contributed by atoms with E-state index in [1.807, 2.05) is 18.2 Å². The van der Waals surface area contributed by atoms with Crippen molar-refractivity contribution in [3.8, 4) is 6.07 Å². The summed E-state index contributed by atoms with van der Waals surface area (Å²) in [6.45, 7) is 3.61. The van der Waals surface area contributed by atoms with Crippen LogP contribution in [0.1, 0.15) is 18.4 Å². The van der Waals surface area contributed by atoms with E-state index in [9.17, 15) is 0 Å². The first-order valence-electron chi connectivity index (χ1n) is 7.96. The molecule has 0 radical (unpaired) electrons. The van der Waals surface area contributed by atoms with Gasteiger partial charge in [-0.2, -0.15) is 10.2 Å². The highest BCUT2D eigenvalue weighted by atomic mass is 79.9. The van der Waals surface area contributed by atoms with Gasteiger partial charge in [0.15, 0.2) is 0 Å². The maximum atomic E-state index is 8.66. The van der Waals surface area contributed by atoms with Gasteiger partial charge in [-0.15, -0.1) is 0 Å². The van der Waals surface area contributed by atoms with Gasteiger partial charge in [0.25, 0.3) is 0 Å². The monoisotopic (exact) mass is 386 g/mol. The number of aromatic nitrogens is 2. The Morgan fingerprint density at radius 2 is 1.96 bits per heavy atom. The molecule has 0 amide bonds. The zero-order chi connectivity index (χ0) is 16.8. The molecular formula is C17H19BrN6. The number of halogens is 1. The number of likely N-dealkylation sites (tertiary alicyclic amines) is 1. The standard InChI is InChI=1S/C17H19BrN6/c18-15-11-21-17(23-16(15)20-8-7-19)22-14-5-3-13(4-6-14)12-24-9-1-2-10-24/h3-6,11H,1-2,8-10,12H2,(H2,20,21,22,23). The summed E-state index contributed by atoms with van der Waals surface area (Å²) in [5.41, 5.74) is 2.25. The van der Waals surface area contributed by atoms with Crippen LogP contribution in [0.25, 0.3) is 0 Å². The van der Waals surface area contributed by atoms with Crippen LogP contribution in [0.3, 0.4) is 0 Å². The van der Waals surface area contributed by atoms with Gasteiger partial charge >= 0.3 is 0 Å². The Morgan fingerprint density at radius 3 is 2.67 bits per heavy atom. The van der Waals surface area contributed by atoms with Crippen molar-refractivity contribution in [2.24, 2.45) is 0 Å². The molecule has 1 aromatic carbocycles. The summed E-state index contributed by atoms with van der Waals surface area (Å²) in [5.74, 6) is 1.09. The first-order chi connectivity index (χ1) is 11.7. The van der Waals surface area contributed by atoms with Gasteiger partial charge in [-0.3, -0.25) is 4.90 Å². The summed E-state index contributed by atoms with van der Waals surface area (Å²) in [6, 6.07) is 10.4. The molecule has 0 bridgehead atoms. The van der Waals surface area contributed by atoms with Crippen molar-refractivity contribution in [1.29, 1.82) is 5.26 Å². The van der Waals surface area contributed by atoms with Crippen LogP contribution in [0.5, 0.6) is 0 Å². The lowest BCUT2D eigenvalue weighted by Gasteiger charge is -2.15. The predicted octanol–water partition coefficient (Wildman–Crippen LogP) is 3.51. The summed E-state index contributed by atoms with van der Waals surface area (Å²) in [4.78, 5) is 11.1. The van der Waals surface area contributed by atoms with Gasteiger partial charge < -0.3 is 10.6 Å². The molecule has 0 saturated carbocycles. The Balaban J connectivity index is 1.64. The molecule has 1 aromatic heterocycles. The Labute approximate surface area is 150 Å². The molecule has 0 aliphatic carbocycles. The Kier molecular flexibility index (Phi) is 5.62. The molecule has 2 aromatic rings. The first kappa shape index (κ1) is 16.7. The minimum atomic E-state index is 0.195. The number of nitriles is 1. The fourth-order valence-corrected chi connectivity index (χ4v) is 3.03. The van der Waals surface area contributed by atoms with E-state index >= 15 is 0 Å². The van der Waals surface area contributed by atoms with Gasteiger partial charge in [0.1, 0.15) is 12.4 Å². The van der Waals surface area contributed by atoms with Crippen molar-refractivity contribution < 1.29 is 0 Å². The quantitative estimate of drug-likeness (QED) is 0.739. The molecular weight excluding hydrogens is 368 g/mol. The second-order valence-corrected chi connectivity index (χ2v) is 6.56. The molecule has 7 heteroatoms. The largest absolute Gasteiger partial charge is 0.356 e. The molecule has 2 N–H and O–H groups in total. The minimum absolute atomic E-state index is 0.195. The number of benzene rings is 1. The van der Waals surface area contributed by atoms with E-state index in [0.717, 1.165) is 16.7 Å². The lowest BCUT2D eigenvalue weighted by Crippen LogP contribution is -2.18. The molecule has 0 unspecified atom stereocenters. The number of nitrogens with one attached hydrogen (secondary N) is 2. The zero-order valence-electron chi connectivity index (χ0n) is 13.3. The van der Waals surface area contributed by atoms with Crippen molar-refractivity contribution in [3.63, 3.8) is 0 Å². The van der Waals surface area contributed by atoms with E-state index in [2.05, 4.69) is 53.6 Å². The van der Waals surface area contributed by atoms with E-state index in [1.165, 1.54) is 31.5 Å². The molecule has 124 valence electrons. The van der Waals surface area contributed by atoms with Crippen LogP contribution in [-0.4, -0.2) is 34.5 Å². The molecule has 0 atom stereocenters. The Bertz CT molecular complexity index is 719. The first-order valence-corrected chi connectivity index (χ1v) is 8.75. The van der Waals surface area contributed by atoms with Crippen molar-refractivity contribution in [1.82, 2.24) is 14.9 Å². The highest BCUT2D eigenvalue weighted by molar-refractivity contribution is 9.10. The van der Waals surface area contributed by atoms with Crippen LogP contribution in [-0.2, 0) is 6.54 Å². The number of nitrogens with zero attached hydrogens (tertiary/aromatic N) is 4. The number of hydrogen-bond acceptors (Lipinski definition) is 6. The maximum Gasteiger partial charge on any atom is 0.229 e. The molecule has 2 heterocycles. The second kappa shape index (κ2) is 8.08. The second-order valence-electron chi connectivity index (χ2n) is 5.71. The van der Waals surface area contributed by atoms with Gasteiger partial charge in [0.05, 0.1) is 10.5 Å². The number of anilines is 3. The van der Waals surface area contributed by atoms with Crippen LogP contribution >= 0.6 is 15.9 Å². The van der Waals surface area contributed by atoms with E-state index in [-0.39, 0.29) is 6.54 Å². The van der Waals surface area contributed by atoms with Crippen LogP contribution in [0.2, 0.25) is 0 Å². The van der Waals surface area contributed by atoms with Gasteiger partial charge in [-0.25, -0.2) is 4.98 Å². The van der Waals surface area contributed by atoms with Crippen molar-refractivity contribution in [2.45, 2.75) is 19.4 Å². The molecule has 1 aliphatic rings. The number of rotatable bonds is 6. The molecule has 1 fully saturated rings. The fourth-order valence-electron chi connectivity index (χ4n) is 2.70. The lowest BCUT2D eigenvalue weighted by atomic mass is 10.2. The summed E-state index contributed by atoms with van der Waals surface area (Å²) in [5, 5.41) is 14.8. The minimum Gasteiger partial charge on any atom is -0.356 e. The van der Waals surface area contributed by atoms with E-state index in [1.54, 1.807) is 6.20 Å². The van der Waals surface area contributed by atoms with Gasteiger partial charge in [0, 0.05) is 18.4 Å². The summed E-state index contributed by atoms with van der Waals surface area (Å²) >= 11 is 3.37. The summed E-state index contributed by atoms with van der Waals surface area (Å²) in [7, 11) is 0. The molecule has 3 rings (SSSR count). The van der Waals surface area contributed by atoms with Crippen molar-refractivity contribution >= 4 is 33.4 Å². The third-order valence-electron chi connectivity index (χ3n) is 3.89. The molecule has 0 spiro atoms. The summed E-state index contributed by atoms with van der Waals surface area (Å²) < 4.78 is 0.726. The molecule has 1 saturated heterocycles. The lowest BCUT2D eigenvalue weighted by molar-refractivity contribution is 0.331. The average Bonchev–Trinajstić information content (AvgIpc) is 3.10. The third-order valence-corrected chi connectivity index (χ3v) is 4.47. The highest BCUT2D eigenvalue weighted by Gasteiger charge is 2.11. The van der Waals surface area contributed by atoms with Gasteiger partial charge in [-0.05, 0) is 59.6 Å². The molecule has 24 heavy (non-hydrogen) atoms.